The van der Waals surface area contributed by atoms with Gasteiger partial charge in [0.15, 0.2) is 0 Å². The molecule has 4 N–H and O–H groups in total. The van der Waals surface area contributed by atoms with Crippen LogP contribution in [-0.2, 0) is 6.42 Å². The smallest absolute Gasteiger partial charge is 0.251 e. The van der Waals surface area contributed by atoms with Crippen LogP contribution in [-0.4, -0.2) is 41.6 Å². The van der Waals surface area contributed by atoms with Crippen LogP contribution in [0.3, 0.4) is 0 Å². The van der Waals surface area contributed by atoms with E-state index in [9.17, 15) is 14.7 Å². The number of hydrogen-bond donors (Lipinski definition) is 4. The van der Waals surface area contributed by atoms with E-state index in [0.717, 1.165) is 19.3 Å². The summed E-state index contributed by atoms with van der Waals surface area (Å²) in [6.07, 6.45) is 1.52. The molecule has 6 nitrogen and oxygen atoms in total. The zero-order chi connectivity index (χ0) is 27.5. The van der Waals surface area contributed by atoms with E-state index >= 15 is 0 Å². The first-order valence-electron chi connectivity index (χ1n) is 13.8. The third kappa shape index (κ3) is 9.28. The molecule has 0 aliphatic carbocycles. The summed E-state index contributed by atoms with van der Waals surface area (Å²) in [7, 11) is 0. The molecule has 0 aliphatic rings. The highest BCUT2D eigenvalue weighted by Gasteiger charge is 2.24. The fourth-order valence-corrected chi connectivity index (χ4v) is 4.63. The molecule has 0 fully saturated rings. The molecule has 0 heterocycles. The molecule has 0 saturated carbocycles. The van der Waals surface area contributed by atoms with Gasteiger partial charge in [0.05, 0.1) is 6.10 Å². The minimum Gasteiger partial charge on any atom is -0.387 e. The zero-order valence-corrected chi connectivity index (χ0v) is 23.7. The molecule has 4 atom stereocenters. The van der Waals surface area contributed by atoms with Crippen LogP contribution < -0.4 is 16.0 Å². The number of aliphatic hydroxyl groups excluding tert-OH is 1. The highest BCUT2D eigenvalue weighted by atomic mass is 16.3. The highest BCUT2D eigenvalue weighted by molar-refractivity contribution is 5.99. The Morgan fingerprint density at radius 3 is 1.92 bits per heavy atom. The summed E-state index contributed by atoms with van der Waals surface area (Å²) < 4.78 is 0. The van der Waals surface area contributed by atoms with E-state index in [0.29, 0.717) is 22.6 Å². The average molecular weight is 510 g/mol. The van der Waals surface area contributed by atoms with Gasteiger partial charge < -0.3 is 21.1 Å². The molecule has 0 bridgehead atoms. The van der Waals surface area contributed by atoms with Crippen molar-refractivity contribution in [3.05, 3.63) is 70.8 Å². The van der Waals surface area contributed by atoms with Crippen molar-refractivity contribution >= 4 is 11.8 Å². The lowest BCUT2D eigenvalue weighted by molar-refractivity contribution is 0.0906. The lowest BCUT2D eigenvalue weighted by atomic mass is 9.95. The van der Waals surface area contributed by atoms with E-state index in [2.05, 4.69) is 69.6 Å². The minimum absolute atomic E-state index is 0.0286. The van der Waals surface area contributed by atoms with Crippen LogP contribution in [0.15, 0.2) is 48.5 Å². The molecule has 2 amide bonds. The third-order valence-corrected chi connectivity index (χ3v) is 7.08. The summed E-state index contributed by atoms with van der Waals surface area (Å²) in [5.41, 5.74) is 2.51. The number of hydrogen-bond acceptors (Lipinski definition) is 4. The summed E-state index contributed by atoms with van der Waals surface area (Å²) in [5.74, 6) is 0.170. The SMILES string of the molecule is CCC(NC(=O)c1ccc(C(=O)NC(CC)C(C)C)c(C(O)CNC(C)Cc2ccccc2)c1)C(C)C. The highest BCUT2D eigenvalue weighted by Crippen LogP contribution is 2.22. The molecule has 6 heteroatoms. The maximum Gasteiger partial charge on any atom is 0.251 e. The maximum absolute atomic E-state index is 13.3. The quantitative estimate of drug-likeness (QED) is 0.279. The molecule has 2 aromatic carbocycles. The topological polar surface area (TPSA) is 90.5 Å². The lowest BCUT2D eigenvalue weighted by Gasteiger charge is -2.24. The molecular formula is C31H47N3O3. The fraction of sp³-hybridized carbons (Fsp3) is 0.548. The summed E-state index contributed by atoms with van der Waals surface area (Å²) >= 11 is 0. The van der Waals surface area contributed by atoms with Crippen molar-refractivity contribution in [2.75, 3.05) is 6.54 Å². The van der Waals surface area contributed by atoms with Crippen LogP contribution in [0.25, 0.3) is 0 Å². The van der Waals surface area contributed by atoms with Crippen LogP contribution in [0, 0.1) is 11.8 Å². The second-order valence-electron chi connectivity index (χ2n) is 10.8. The summed E-state index contributed by atoms with van der Waals surface area (Å²) in [6, 6.07) is 15.4. The molecule has 0 aromatic heterocycles. The van der Waals surface area contributed by atoms with Gasteiger partial charge in [0.2, 0.25) is 0 Å². The standard InChI is InChI=1S/C31H47N3O3/c1-8-27(20(3)4)33-30(36)24-15-16-25(31(37)34-28(9-2)21(5)6)26(18-24)29(35)19-32-22(7)17-23-13-11-10-12-14-23/h10-16,18,20-22,27-29,32,35H,8-9,17,19H2,1-7H3,(H,33,36)(H,34,37). The molecule has 0 saturated heterocycles. The number of aliphatic hydroxyl groups is 1. The Kier molecular flexibility index (Phi) is 12.3. The van der Waals surface area contributed by atoms with Gasteiger partial charge >= 0.3 is 0 Å². The van der Waals surface area contributed by atoms with Gasteiger partial charge in [-0.3, -0.25) is 9.59 Å². The Morgan fingerprint density at radius 2 is 1.38 bits per heavy atom. The molecule has 0 aliphatic heterocycles. The van der Waals surface area contributed by atoms with Crippen LogP contribution >= 0.6 is 0 Å². The van der Waals surface area contributed by atoms with Crippen molar-refractivity contribution in [2.45, 2.75) is 92.0 Å². The molecule has 0 spiro atoms. The first kappa shape index (κ1) is 30.5. The molecule has 4 unspecified atom stereocenters. The monoisotopic (exact) mass is 509 g/mol. The number of amides is 2. The fourth-order valence-electron chi connectivity index (χ4n) is 4.63. The number of benzene rings is 2. The molecule has 2 rings (SSSR count). The summed E-state index contributed by atoms with van der Waals surface area (Å²) in [6.45, 7) is 14.8. The summed E-state index contributed by atoms with van der Waals surface area (Å²) in [5, 5.41) is 20.8. The van der Waals surface area contributed by atoms with Crippen molar-refractivity contribution < 1.29 is 14.7 Å². The van der Waals surface area contributed by atoms with Crippen molar-refractivity contribution in [3.63, 3.8) is 0 Å². The van der Waals surface area contributed by atoms with Gasteiger partial charge in [0, 0.05) is 35.8 Å². The second kappa shape index (κ2) is 14.9. The second-order valence-corrected chi connectivity index (χ2v) is 10.8. The number of carbonyl (C=O) groups excluding carboxylic acids is 2. The van der Waals surface area contributed by atoms with E-state index in [4.69, 9.17) is 0 Å². The van der Waals surface area contributed by atoms with Gasteiger partial charge in [-0.25, -0.2) is 0 Å². The first-order valence-corrected chi connectivity index (χ1v) is 13.8. The third-order valence-electron chi connectivity index (χ3n) is 7.08. The van der Waals surface area contributed by atoms with E-state index in [1.807, 2.05) is 25.1 Å². The van der Waals surface area contributed by atoms with E-state index in [1.54, 1.807) is 18.2 Å². The number of carbonyl (C=O) groups is 2. The molecule has 2 aromatic rings. The van der Waals surface area contributed by atoms with Crippen molar-refractivity contribution in [2.24, 2.45) is 11.8 Å². The Hall–Kier alpha value is -2.70. The van der Waals surface area contributed by atoms with E-state index in [1.165, 1.54) is 5.56 Å². The Balaban J connectivity index is 2.27. The summed E-state index contributed by atoms with van der Waals surface area (Å²) in [4.78, 5) is 26.3. The lowest BCUT2D eigenvalue weighted by Crippen LogP contribution is -2.39. The van der Waals surface area contributed by atoms with Gasteiger partial charge in [-0.15, -0.1) is 0 Å². The Morgan fingerprint density at radius 1 is 0.811 bits per heavy atom. The van der Waals surface area contributed by atoms with Crippen molar-refractivity contribution in [1.29, 1.82) is 0 Å². The Labute approximate surface area is 223 Å². The normalized spacial score (nSPS) is 14.8. The van der Waals surface area contributed by atoms with Gasteiger partial charge in [-0.2, -0.15) is 0 Å². The van der Waals surface area contributed by atoms with Crippen molar-refractivity contribution in [1.82, 2.24) is 16.0 Å². The zero-order valence-electron chi connectivity index (χ0n) is 23.7. The van der Waals surface area contributed by atoms with Crippen LogP contribution in [0.4, 0.5) is 0 Å². The van der Waals surface area contributed by atoms with E-state index < -0.39 is 6.10 Å². The number of rotatable bonds is 14. The van der Waals surface area contributed by atoms with Crippen LogP contribution in [0.1, 0.15) is 99.3 Å². The average Bonchev–Trinajstić information content (AvgIpc) is 2.88. The molecule has 37 heavy (non-hydrogen) atoms. The largest absolute Gasteiger partial charge is 0.387 e. The van der Waals surface area contributed by atoms with Gasteiger partial charge in [-0.05, 0) is 67.3 Å². The first-order chi connectivity index (χ1) is 17.6. The molecule has 204 valence electrons. The van der Waals surface area contributed by atoms with Crippen LogP contribution in [0.5, 0.6) is 0 Å². The maximum atomic E-state index is 13.3. The number of nitrogens with one attached hydrogen (secondary N) is 3. The minimum atomic E-state index is -0.946. The van der Waals surface area contributed by atoms with E-state index in [-0.39, 0.29) is 42.4 Å². The van der Waals surface area contributed by atoms with Crippen molar-refractivity contribution in [3.8, 4) is 0 Å². The van der Waals surface area contributed by atoms with Crippen LogP contribution in [0.2, 0.25) is 0 Å². The predicted octanol–water partition coefficient (Wildman–Crippen LogP) is 5.27. The van der Waals surface area contributed by atoms with Gasteiger partial charge in [0.25, 0.3) is 11.8 Å². The van der Waals surface area contributed by atoms with Gasteiger partial charge in [-0.1, -0.05) is 71.9 Å². The van der Waals surface area contributed by atoms with Gasteiger partial charge in [0.1, 0.15) is 0 Å². The Bertz CT molecular complexity index is 990. The molecular weight excluding hydrogens is 462 g/mol. The predicted molar refractivity (Wildman–Crippen MR) is 152 cm³/mol. The molecule has 0 radical (unpaired) electrons.